The molecule has 8 aliphatic rings. The quantitative estimate of drug-likeness (QED) is 0.0194. The minimum Gasteiger partial charge on any atom is -0.393 e. The number of hydrogen-bond donors (Lipinski definition) is 12. The van der Waals surface area contributed by atoms with Crippen molar-refractivity contribution in [2.75, 3.05) is 70.2 Å². The Hall–Kier alpha value is -6.41. The van der Waals surface area contributed by atoms with Crippen LogP contribution in [0.1, 0.15) is 69.5 Å². The average Bonchev–Trinajstić information content (AvgIpc) is 1.55. The lowest BCUT2D eigenvalue weighted by atomic mass is 9.94. The van der Waals surface area contributed by atoms with E-state index in [-0.39, 0.29) is 68.9 Å². The Morgan fingerprint density at radius 2 is 1.08 bits per heavy atom. The predicted molar refractivity (Wildman–Crippen MR) is 402 cm³/mol. The first-order valence-electron chi connectivity index (χ1n) is 35.1. The second kappa shape index (κ2) is 30.9. The van der Waals surface area contributed by atoms with E-state index in [1.54, 1.807) is 13.8 Å². The van der Waals surface area contributed by atoms with Crippen LogP contribution < -0.4 is 45.4 Å². The number of nitrogens with zero attached hydrogens (tertiary/aromatic N) is 14. The van der Waals surface area contributed by atoms with Crippen LogP contribution in [-0.4, -0.2) is 252 Å². The minimum atomic E-state index is -5.75. The van der Waals surface area contributed by atoms with Gasteiger partial charge in [-0.2, -0.15) is 9.97 Å². The molecule has 0 spiro atoms. The van der Waals surface area contributed by atoms with E-state index in [9.17, 15) is 48.4 Å². The first-order valence-corrected chi connectivity index (χ1v) is 46.0. The Morgan fingerprint density at radius 1 is 0.556 bits per heavy atom. The van der Waals surface area contributed by atoms with Crippen molar-refractivity contribution in [1.82, 2.24) is 77.7 Å². The zero-order chi connectivity index (χ0) is 83.5. The van der Waals surface area contributed by atoms with Gasteiger partial charge in [0.25, 0.3) is 11.1 Å². The van der Waals surface area contributed by atoms with E-state index in [1.165, 1.54) is 66.6 Å². The molecule has 6 bridgehead atoms. The molecule has 8 fully saturated rings. The molecule has 15 N–H and O–H groups in total. The Balaban J connectivity index is 0.671. The highest BCUT2D eigenvalue weighted by atomic mass is 32.7. The lowest BCUT2D eigenvalue weighted by Gasteiger charge is -2.38. The number of nitrogens with one attached hydrogen (secondary N) is 2. The molecule has 0 aromatic carbocycles. The van der Waals surface area contributed by atoms with E-state index in [1.807, 2.05) is 0 Å². The molecule has 51 nitrogen and oxygen atoms in total. The summed E-state index contributed by atoms with van der Waals surface area (Å²) in [5.74, 6) is -0.501. The largest absolute Gasteiger partial charge is 0.472 e. The third kappa shape index (κ3) is 15.0. The standard InChI is InChI=1S/C58H75N20O31P5S3/c1-21-9-75(54(82)70-41(21)59)50-35-38(56(13-79,102-50)23(3)97-35)109-114(90,117)96-15-58-25(5)99-37(52(104-58)78-20-69-32-46(78)71-53(62)72-48(32)81)40(58)108-111(86,87)95-14-57-24(4)98-36(51(103-57)77-19-68-31-43(61)64-17-66-45(31)77)39(57)107-110(84,85)93-11-27-26(8-29(100-27)76-18-67-30-42(60)63-16-65-44(30)76)105-113(89,116)94-12-28-33(106-112(88,115)92-7)34(91-6)49(101-28)74-10-22(2)47(80)73-55(74)83/h9-10,16-20,23-29,33-40,49-52,79H,8,11-15H2,1-7H3,(H,84,85)(H,86,87)(H,88,115)(H,89,116)(H,90,117)(H2,59,70,82)(H2,60,63,65)(H2,61,64,66)(H,73,80,83)(H3,62,71,72,81)/t23-,24-,25-,26+,27+,28+,29+,33-,34?,35?,36?,37?,38+,39+,40+,49+,50+,51+,52+,56-,57-,58-,112?,113?,114?/m0/s1. The van der Waals surface area contributed by atoms with Crippen LogP contribution in [0.4, 0.5) is 23.4 Å². The van der Waals surface area contributed by atoms with Gasteiger partial charge in [-0.05, 0) is 58.2 Å². The van der Waals surface area contributed by atoms with Crippen molar-refractivity contribution in [2.45, 2.75) is 174 Å². The molecule has 16 heterocycles. The number of aliphatic hydroxyl groups is 1. The van der Waals surface area contributed by atoms with Crippen molar-refractivity contribution in [3.05, 3.63) is 96.8 Å². The first kappa shape index (κ1) is 84.2. The molecule has 8 aromatic rings. The first-order chi connectivity index (χ1) is 55.2. The van der Waals surface area contributed by atoms with Gasteiger partial charge >= 0.3 is 47.3 Å². The molecule has 0 aliphatic carbocycles. The molecule has 9 unspecified atom stereocenters. The van der Waals surface area contributed by atoms with Crippen molar-refractivity contribution in [3.8, 4) is 0 Å². The lowest BCUT2D eigenvalue weighted by Crippen LogP contribution is -2.51. The molecule has 59 heteroatoms. The number of nitrogen functional groups attached to an aromatic ring is 4. The van der Waals surface area contributed by atoms with Gasteiger partial charge in [0.2, 0.25) is 5.95 Å². The summed E-state index contributed by atoms with van der Waals surface area (Å²) in [7, 11) is -9.13. The van der Waals surface area contributed by atoms with Crippen molar-refractivity contribution in [1.29, 1.82) is 0 Å². The van der Waals surface area contributed by atoms with Crippen LogP contribution in [0.25, 0.3) is 33.5 Å². The number of fused-ring (bicyclic) bond motifs is 9. The summed E-state index contributed by atoms with van der Waals surface area (Å²) in [6, 6.07) is 0. The lowest BCUT2D eigenvalue weighted by molar-refractivity contribution is -0.219. The van der Waals surface area contributed by atoms with Crippen molar-refractivity contribution < 1.29 is 126 Å². The third-order valence-electron chi connectivity index (χ3n) is 21.5. The molecule has 636 valence electrons. The molecule has 27 atom stereocenters. The number of aryl methyl sites for hydroxylation is 2. The summed E-state index contributed by atoms with van der Waals surface area (Å²) in [5.41, 5.74) is 15.3. The number of phosphoric ester groups is 2. The minimum absolute atomic E-state index is 0.0176. The predicted octanol–water partition coefficient (Wildman–Crippen LogP) is -0.780. The van der Waals surface area contributed by atoms with Crippen LogP contribution in [-0.2, 0) is 125 Å². The number of aromatic amines is 2. The van der Waals surface area contributed by atoms with Crippen LogP contribution in [0.3, 0.4) is 0 Å². The highest BCUT2D eigenvalue weighted by molar-refractivity contribution is 8.44. The Labute approximate surface area is 670 Å². The van der Waals surface area contributed by atoms with Gasteiger partial charge in [0, 0.05) is 44.2 Å². The molecular weight excluding hydrogens is 1720 g/mol. The van der Waals surface area contributed by atoms with E-state index < -0.39 is 225 Å². The van der Waals surface area contributed by atoms with E-state index in [4.69, 9.17) is 134 Å². The highest BCUT2D eigenvalue weighted by Crippen LogP contribution is 2.64. The van der Waals surface area contributed by atoms with E-state index in [0.717, 1.165) is 35.2 Å². The number of aromatic nitrogens is 16. The van der Waals surface area contributed by atoms with Crippen LogP contribution in [0, 0.1) is 13.8 Å². The Kier molecular flexibility index (Phi) is 22.2. The fraction of sp³-hybridized carbons (Fsp3) is 0.603. The van der Waals surface area contributed by atoms with Gasteiger partial charge in [-0.25, -0.2) is 58.2 Å². The molecule has 117 heavy (non-hydrogen) atoms. The zero-order valence-corrected chi connectivity index (χ0v) is 68.7. The van der Waals surface area contributed by atoms with Crippen molar-refractivity contribution in [2.24, 2.45) is 0 Å². The summed E-state index contributed by atoms with van der Waals surface area (Å²) in [5, 5.41) is 11.0. The number of rotatable bonds is 30. The zero-order valence-electron chi connectivity index (χ0n) is 61.7. The summed E-state index contributed by atoms with van der Waals surface area (Å²) >= 11 is 15.3. The third-order valence-corrected chi connectivity index (χ3v) is 28.3. The van der Waals surface area contributed by atoms with Crippen LogP contribution in [0.5, 0.6) is 0 Å². The fourth-order valence-electron chi connectivity index (χ4n) is 15.6. The second-order valence-corrected chi connectivity index (χ2v) is 39.7. The number of phosphoric acid groups is 2. The monoisotopic (exact) mass is 1800 g/mol. The van der Waals surface area contributed by atoms with Gasteiger partial charge < -0.3 is 108 Å². The number of imidazole rings is 3. The van der Waals surface area contributed by atoms with E-state index in [0.29, 0.717) is 5.56 Å². The Bertz CT molecular complexity index is 5760. The molecule has 16 rings (SSSR count). The number of aliphatic hydroxyl groups excluding tert-OH is 1. The number of anilines is 4. The van der Waals surface area contributed by atoms with Crippen molar-refractivity contribution in [3.63, 3.8) is 0 Å². The number of methoxy groups -OCH3 is 1. The molecule has 8 saturated heterocycles. The average molecular weight is 1800 g/mol. The van der Waals surface area contributed by atoms with Gasteiger partial charge in [-0.15, -0.1) is 0 Å². The summed E-state index contributed by atoms with van der Waals surface area (Å²) in [6.07, 6.45) is -18.9. The smallest absolute Gasteiger partial charge is 0.393 e. The number of hydrogen-bond acceptors (Lipinski definition) is 42. The summed E-state index contributed by atoms with van der Waals surface area (Å²) in [6.45, 7) is -10.7. The molecule has 8 aromatic heterocycles. The number of nitrogens with two attached hydrogens (primary N) is 4. The van der Waals surface area contributed by atoms with Gasteiger partial charge in [0.1, 0.15) is 114 Å². The van der Waals surface area contributed by atoms with Gasteiger partial charge in [0.15, 0.2) is 59.0 Å². The normalized spacial score (nSPS) is 35.1. The molecule has 0 radical (unpaired) electrons. The van der Waals surface area contributed by atoms with Gasteiger partial charge in [-0.3, -0.25) is 69.5 Å². The maximum Gasteiger partial charge on any atom is 0.472 e. The van der Waals surface area contributed by atoms with Crippen LogP contribution >= 0.6 is 48.1 Å². The summed E-state index contributed by atoms with van der Waals surface area (Å²) < 4.78 is 166. The van der Waals surface area contributed by atoms with Gasteiger partial charge in [-0.1, -0.05) is 12.2 Å². The molecular formula is C58H75N20O31P5S3. The number of thiol groups is 1. The fourth-order valence-corrected chi connectivity index (χ4v) is 21.5. The number of H-pyrrole nitrogens is 2. The second-order valence-electron chi connectivity index (χ2n) is 28.3. The van der Waals surface area contributed by atoms with Gasteiger partial charge in [0.05, 0.1) is 76.4 Å². The number of ether oxygens (including phenoxy) is 9. The highest BCUT2D eigenvalue weighted by Gasteiger charge is 2.73. The van der Waals surface area contributed by atoms with E-state index in [2.05, 4.69) is 67.1 Å². The maximum atomic E-state index is 15.2. The topological polar surface area (TPSA) is 672 Å². The molecule has 8 aliphatic heterocycles. The van der Waals surface area contributed by atoms with Crippen LogP contribution in [0.15, 0.2) is 63.2 Å². The van der Waals surface area contributed by atoms with E-state index >= 15 is 9.13 Å². The summed E-state index contributed by atoms with van der Waals surface area (Å²) in [4.78, 5) is 143. The maximum absolute atomic E-state index is 15.2. The Morgan fingerprint density at radius 3 is 1.68 bits per heavy atom. The molecule has 0 amide bonds. The van der Waals surface area contributed by atoms with Crippen LogP contribution in [0.2, 0.25) is 0 Å². The SMILES string of the molecule is COC1[C@@H](OP(=O)(S)OC)[C@@H](COP(O)(=S)O[C@@H]2C[C@H](n3cnc4c(N)ncnc43)O[C@@H]2COP(=O)(O)O[C@@H]2C3O[C@@H](C)[C@]2(COP(=O)(O)O[C@@H]2C4O[C@@H](C)[C@]2(COP(O)(=S)O[C@@H]2C5O[C@@H](C)[C@]2(CO)O[C@H]5n2cc(C)c(N)nc2=O)O[C@H]4n2cnc4c(=O)[nH]c(N)nc42)O[C@H]3n2cnc3c(N)ncnc32)O[C@H]1n1cc(C)c(=O)[nH]c1=O. The van der Waals surface area contributed by atoms with Crippen molar-refractivity contribution >= 4 is 129 Å². The molecule has 0 saturated carbocycles.